The highest BCUT2D eigenvalue weighted by Crippen LogP contribution is 2.19. The minimum absolute atomic E-state index is 0.114. The molecule has 0 spiro atoms. The van der Waals surface area contributed by atoms with Crippen molar-refractivity contribution in [3.05, 3.63) is 0 Å². The molecule has 0 saturated carbocycles. The van der Waals surface area contributed by atoms with Crippen molar-refractivity contribution < 1.29 is 9.90 Å². The van der Waals surface area contributed by atoms with Crippen LogP contribution in [0.5, 0.6) is 0 Å². The number of rotatable bonds is 6. The van der Waals surface area contributed by atoms with Crippen LogP contribution in [0.2, 0.25) is 0 Å². The molecular formula is C14H28N2O2. The van der Waals surface area contributed by atoms with Gasteiger partial charge in [0.15, 0.2) is 0 Å². The van der Waals surface area contributed by atoms with Crippen LogP contribution >= 0.6 is 0 Å². The molecule has 4 heteroatoms. The van der Waals surface area contributed by atoms with Crippen LogP contribution in [0.15, 0.2) is 0 Å². The lowest BCUT2D eigenvalue weighted by Gasteiger charge is -2.37. The zero-order valence-corrected chi connectivity index (χ0v) is 12.1. The number of aliphatic hydroxyl groups excluding tert-OH is 1. The van der Waals surface area contributed by atoms with Crippen LogP contribution in [0.4, 0.5) is 0 Å². The monoisotopic (exact) mass is 256 g/mol. The Labute approximate surface area is 111 Å². The third-order valence-electron chi connectivity index (χ3n) is 3.87. The number of piperidine rings is 1. The number of nitrogens with zero attached hydrogens (tertiary/aromatic N) is 2. The number of aliphatic hydroxyl groups is 1. The highest BCUT2D eigenvalue weighted by Gasteiger charge is 2.26. The van der Waals surface area contributed by atoms with Gasteiger partial charge in [-0.1, -0.05) is 6.92 Å². The Balaban J connectivity index is 2.56. The van der Waals surface area contributed by atoms with Crippen molar-refractivity contribution in [2.45, 2.75) is 58.5 Å². The van der Waals surface area contributed by atoms with Gasteiger partial charge in [0.05, 0.1) is 13.2 Å². The van der Waals surface area contributed by atoms with Gasteiger partial charge in [0.2, 0.25) is 5.91 Å². The molecule has 0 aliphatic carbocycles. The first-order valence-electron chi connectivity index (χ1n) is 7.24. The van der Waals surface area contributed by atoms with E-state index in [1.54, 1.807) is 0 Å². The number of hydrogen-bond donors (Lipinski definition) is 1. The van der Waals surface area contributed by atoms with E-state index in [0.717, 1.165) is 25.8 Å². The molecule has 0 bridgehead atoms. The summed E-state index contributed by atoms with van der Waals surface area (Å²) in [5.41, 5.74) is 0. The molecule has 0 radical (unpaired) electrons. The summed E-state index contributed by atoms with van der Waals surface area (Å²) in [6.07, 6.45) is 4.56. The Morgan fingerprint density at radius 3 is 2.72 bits per heavy atom. The Morgan fingerprint density at radius 2 is 2.17 bits per heavy atom. The SMILES string of the molecule is CCC1CCCCN1C(=O)CN(CCO)C(C)C. The van der Waals surface area contributed by atoms with Gasteiger partial charge in [0.25, 0.3) is 0 Å². The number of amides is 1. The molecule has 1 aliphatic heterocycles. The van der Waals surface area contributed by atoms with E-state index in [1.807, 2.05) is 4.90 Å². The zero-order valence-electron chi connectivity index (χ0n) is 12.1. The van der Waals surface area contributed by atoms with E-state index in [-0.39, 0.29) is 12.5 Å². The molecule has 1 atom stereocenters. The van der Waals surface area contributed by atoms with Crippen LogP contribution in [-0.2, 0) is 4.79 Å². The highest BCUT2D eigenvalue weighted by atomic mass is 16.3. The molecule has 4 nitrogen and oxygen atoms in total. The maximum Gasteiger partial charge on any atom is 0.237 e. The third kappa shape index (κ3) is 4.25. The second kappa shape index (κ2) is 7.74. The van der Waals surface area contributed by atoms with Crippen LogP contribution in [0, 0.1) is 0 Å². The van der Waals surface area contributed by atoms with Gasteiger partial charge in [-0.25, -0.2) is 0 Å². The van der Waals surface area contributed by atoms with Crippen molar-refractivity contribution in [1.29, 1.82) is 0 Å². The fraction of sp³-hybridized carbons (Fsp3) is 0.929. The summed E-state index contributed by atoms with van der Waals surface area (Å²) in [4.78, 5) is 16.5. The molecule has 1 fully saturated rings. The van der Waals surface area contributed by atoms with Gasteiger partial charge in [-0.15, -0.1) is 0 Å². The van der Waals surface area contributed by atoms with Gasteiger partial charge >= 0.3 is 0 Å². The van der Waals surface area contributed by atoms with Crippen LogP contribution in [0.25, 0.3) is 0 Å². The lowest BCUT2D eigenvalue weighted by Crippen LogP contribution is -2.49. The molecular weight excluding hydrogens is 228 g/mol. The lowest BCUT2D eigenvalue weighted by atomic mass is 10.00. The molecule has 1 aliphatic rings. The van der Waals surface area contributed by atoms with E-state index in [1.165, 1.54) is 6.42 Å². The summed E-state index contributed by atoms with van der Waals surface area (Å²) in [5.74, 6) is 0.226. The third-order valence-corrected chi connectivity index (χ3v) is 3.87. The average Bonchev–Trinajstić information content (AvgIpc) is 2.37. The average molecular weight is 256 g/mol. The van der Waals surface area contributed by atoms with Crippen LogP contribution in [0.3, 0.4) is 0 Å². The normalized spacial score (nSPS) is 20.8. The molecule has 0 aromatic rings. The molecule has 18 heavy (non-hydrogen) atoms. The van der Waals surface area contributed by atoms with Crippen LogP contribution in [0.1, 0.15) is 46.5 Å². The maximum atomic E-state index is 12.4. The Hall–Kier alpha value is -0.610. The Morgan fingerprint density at radius 1 is 1.44 bits per heavy atom. The van der Waals surface area contributed by atoms with Gasteiger partial charge in [-0.2, -0.15) is 0 Å². The number of carbonyl (C=O) groups is 1. The van der Waals surface area contributed by atoms with E-state index in [4.69, 9.17) is 5.11 Å². The van der Waals surface area contributed by atoms with Crippen molar-refractivity contribution in [1.82, 2.24) is 9.80 Å². The first-order chi connectivity index (χ1) is 8.60. The highest BCUT2D eigenvalue weighted by molar-refractivity contribution is 5.78. The van der Waals surface area contributed by atoms with E-state index in [9.17, 15) is 4.79 Å². The van der Waals surface area contributed by atoms with Gasteiger partial charge in [0.1, 0.15) is 0 Å². The number of hydrogen-bond acceptors (Lipinski definition) is 3. The summed E-state index contributed by atoms with van der Waals surface area (Å²) in [6, 6.07) is 0.723. The summed E-state index contributed by atoms with van der Waals surface area (Å²) < 4.78 is 0. The topological polar surface area (TPSA) is 43.8 Å². The number of likely N-dealkylation sites (tertiary alicyclic amines) is 1. The number of carbonyl (C=O) groups excluding carboxylic acids is 1. The fourth-order valence-corrected chi connectivity index (χ4v) is 2.67. The maximum absolute atomic E-state index is 12.4. The van der Waals surface area contributed by atoms with E-state index in [2.05, 4.69) is 25.7 Å². The Bertz CT molecular complexity index is 256. The molecule has 1 amide bonds. The predicted molar refractivity (Wildman–Crippen MR) is 73.4 cm³/mol. The van der Waals surface area contributed by atoms with E-state index < -0.39 is 0 Å². The van der Waals surface area contributed by atoms with Crippen molar-refractivity contribution in [3.63, 3.8) is 0 Å². The molecule has 0 aromatic carbocycles. The smallest absolute Gasteiger partial charge is 0.237 e. The van der Waals surface area contributed by atoms with Gasteiger partial charge < -0.3 is 10.0 Å². The summed E-state index contributed by atoms with van der Waals surface area (Å²) >= 11 is 0. The largest absolute Gasteiger partial charge is 0.395 e. The van der Waals surface area contributed by atoms with Gasteiger partial charge in [0, 0.05) is 25.2 Å². The van der Waals surface area contributed by atoms with Crippen LogP contribution < -0.4 is 0 Å². The molecule has 106 valence electrons. The summed E-state index contributed by atoms with van der Waals surface area (Å²) in [7, 11) is 0. The van der Waals surface area contributed by atoms with Crippen molar-refractivity contribution >= 4 is 5.91 Å². The van der Waals surface area contributed by atoms with E-state index >= 15 is 0 Å². The predicted octanol–water partition coefficient (Wildman–Crippen LogP) is 1.48. The molecule has 0 aromatic heterocycles. The molecule has 1 saturated heterocycles. The second-order valence-corrected chi connectivity index (χ2v) is 5.43. The van der Waals surface area contributed by atoms with Gasteiger partial charge in [-0.05, 0) is 39.5 Å². The van der Waals surface area contributed by atoms with Crippen molar-refractivity contribution in [3.8, 4) is 0 Å². The summed E-state index contributed by atoms with van der Waals surface area (Å²) in [5, 5.41) is 9.04. The molecule has 1 N–H and O–H groups in total. The quantitative estimate of drug-likeness (QED) is 0.783. The van der Waals surface area contributed by atoms with Crippen molar-refractivity contribution in [2.75, 3.05) is 26.2 Å². The van der Waals surface area contributed by atoms with E-state index in [0.29, 0.717) is 25.2 Å². The molecule has 1 heterocycles. The minimum atomic E-state index is 0.114. The fourth-order valence-electron chi connectivity index (χ4n) is 2.67. The standard InChI is InChI=1S/C14H28N2O2/c1-4-13-7-5-6-8-16(13)14(18)11-15(9-10-17)12(2)3/h12-13,17H,4-11H2,1-3H3. The first-order valence-corrected chi connectivity index (χ1v) is 7.24. The molecule has 1 unspecified atom stereocenters. The first kappa shape index (κ1) is 15.4. The lowest BCUT2D eigenvalue weighted by molar-refractivity contribution is -0.136. The minimum Gasteiger partial charge on any atom is -0.395 e. The van der Waals surface area contributed by atoms with Crippen molar-refractivity contribution in [2.24, 2.45) is 0 Å². The van der Waals surface area contributed by atoms with Crippen LogP contribution in [-0.4, -0.2) is 59.1 Å². The Kier molecular flexibility index (Phi) is 6.65. The summed E-state index contributed by atoms with van der Waals surface area (Å²) in [6.45, 7) is 8.32. The zero-order chi connectivity index (χ0) is 13.5. The molecule has 1 rings (SSSR count). The van der Waals surface area contributed by atoms with Gasteiger partial charge in [-0.3, -0.25) is 9.69 Å². The second-order valence-electron chi connectivity index (χ2n) is 5.43.